The summed E-state index contributed by atoms with van der Waals surface area (Å²) in [5.41, 5.74) is 1.44. The zero-order valence-electron chi connectivity index (χ0n) is 9.55. The minimum Gasteiger partial charge on any atom is -0.593 e. The molecule has 86 valence electrons. The van der Waals surface area contributed by atoms with Gasteiger partial charge in [-0.2, -0.15) is 0 Å². The summed E-state index contributed by atoms with van der Waals surface area (Å²) in [5, 5.41) is 7.38. The molecule has 0 bridgehead atoms. The molecule has 17 heavy (non-hydrogen) atoms. The minimum absolute atomic E-state index is 0.0730. The van der Waals surface area contributed by atoms with E-state index in [1.165, 1.54) is 0 Å². The van der Waals surface area contributed by atoms with E-state index in [1.54, 1.807) is 36.2 Å². The predicted molar refractivity (Wildman–Crippen MR) is 68.7 cm³/mol. The molecule has 0 unspecified atom stereocenters. The van der Waals surface area contributed by atoms with Crippen molar-refractivity contribution < 1.29 is 9.90 Å². The second-order valence-electron chi connectivity index (χ2n) is 3.78. The summed E-state index contributed by atoms with van der Waals surface area (Å²) >= 11 is 0. The van der Waals surface area contributed by atoms with E-state index in [2.05, 4.69) is 0 Å². The molecule has 0 fully saturated rings. The van der Waals surface area contributed by atoms with Crippen LogP contribution in [0.5, 0.6) is 5.75 Å². The van der Waals surface area contributed by atoms with Gasteiger partial charge in [0.05, 0.1) is 0 Å². The van der Waals surface area contributed by atoms with E-state index in [9.17, 15) is 4.79 Å². The van der Waals surface area contributed by atoms with Crippen molar-refractivity contribution in [2.45, 2.75) is 0 Å². The summed E-state index contributed by atoms with van der Waals surface area (Å²) in [6, 6.07) is 16.1. The van der Waals surface area contributed by atoms with Gasteiger partial charge < -0.3 is 10.0 Å². The zero-order valence-corrected chi connectivity index (χ0v) is 9.55. The highest BCUT2D eigenvalue weighted by molar-refractivity contribution is 6.05. The van der Waals surface area contributed by atoms with E-state index in [4.69, 9.17) is 5.11 Å². The van der Waals surface area contributed by atoms with Gasteiger partial charge in [-0.3, -0.25) is 4.79 Å². The van der Waals surface area contributed by atoms with Crippen LogP contribution >= 0.6 is 0 Å². The molecule has 2 aromatic carbocycles. The Balaban J connectivity index is 2.23. The molecule has 0 radical (unpaired) electrons. The predicted octanol–water partition coefficient (Wildman–Crippen LogP) is 2.40. The molecule has 0 aliphatic heterocycles. The van der Waals surface area contributed by atoms with Crippen molar-refractivity contribution in [3.63, 3.8) is 0 Å². The maximum absolute atomic E-state index is 12.1. The Labute approximate surface area is 99.9 Å². The number of para-hydroxylation sites is 1. The number of carbonyl (C=O) groups excluding carboxylic acids is 1. The van der Waals surface area contributed by atoms with Crippen molar-refractivity contribution in [3.05, 3.63) is 60.2 Å². The second kappa shape index (κ2) is 4.70. The van der Waals surface area contributed by atoms with Crippen LogP contribution in [0.2, 0.25) is 0 Å². The standard InChI is InChI=1S/C14H13NO2/c1-15(12-5-3-2-4-6-12)14(17)11-7-9-13(16)10-8-11/h2-10,16H,1H3/p+1. The number of benzene rings is 2. The van der Waals surface area contributed by atoms with Gasteiger partial charge in [-0.05, 0) is 24.3 Å². The number of hydrogen-bond acceptors (Lipinski definition) is 1. The van der Waals surface area contributed by atoms with Gasteiger partial charge in [-0.1, -0.05) is 18.2 Å². The Morgan fingerprint density at radius 2 is 1.59 bits per heavy atom. The van der Waals surface area contributed by atoms with E-state index >= 15 is 0 Å². The summed E-state index contributed by atoms with van der Waals surface area (Å²) in [4.78, 5) is 13.7. The number of rotatable bonds is 2. The van der Waals surface area contributed by atoms with Crippen LogP contribution in [-0.2, 0) is 0 Å². The number of nitrogens with zero attached hydrogens (tertiary/aromatic N) is 1. The van der Waals surface area contributed by atoms with Gasteiger partial charge >= 0.3 is 0 Å². The highest BCUT2D eigenvalue weighted by atomic mass is 16.3. The van der Waals surface area contributed by atoms with Gasteiger partial charge in [-0.15, -0.1) is 0 Å². The van der Waals surface area contributed by atoms with Gasteiger partial charge in [-0.25, -0.2) is 0 Å². The van der Waals surface area contributed by atoms with Crippen molar-refractivity contribution in [2.24, 2.45) is 0 Å². The van der Waals surface area contributed by atoms with Crippen LogP contribution < -0.4 is 4.90 Å². The molecular weight excluding hydrogens is 214 g/mol. The Morgan fingerprint density at radius 3 is 2.18 bits per heavy atom. The molecule has 2 rings (SSSR count). The molecule has 3 nitrogen and oxygen atoms in total. The molecular formula is C14H14NO2+. The molecule has 3 heteroatoms. The first-order valence-corrected chi connectivity index (χ1v) is 5.33. The lowest BCUT2D eigenvalue weighted by atomic mass is 10.2. The Kier molecular flexibility index (Phi) is 3.10. The molecule has 0 saturated carbocycles. The summed E-state index contributed by atoms with van der Waals surface area (Å²) in [6.07, 6.45) is 0. The quantitative estimate of drug-likeness (QED) is 0.728. The fraction of sp³-hybridized carbons (Fsp3) is 0.0714. The van der Waals surface area contributed by atoms with Gasteiger partial charge in [0.25, 0.3) is 11.7 Å². The molecule has 0 aliphatic carbocycles. The van der Waals surface area contributed by atoms with Crippen molar-refractivity contribution in [3.8, 4) is 5.75 Å². The molecule has 0 atom stereocenters. The maximum atomic E-state index is 12.1. The lowest BCUT2D eigenvalue weighted by Crippen LogP contribution is -2.25. The van der Waals surface area contributed by atoms with Gasteiger partial charge in [0.15, 0.2) is 0 Å². The molecule has 0 aliphatic rings. The first-order valence-electron chi connectivity index (χ1n) is 5.33. The number of anilines is 1. The highest BCUT2D eigenvalue weighted by Crippen LogP contribution is 2.16. The van der Waals surface area contributed by atoms with E-state index in [1.807, 2.05) is 30.3 Å². The SMILES string of the molecule is CN(C(=O)c1ccc([OH2+])cc1)c1ccccc1. The normalized spacial score (nSPS) is 9.94. The summed E-state index contributed by atoms with van der Waals surface area (Å²) in [6.45, 7) is 0. The van der Waals surface area contributed by atoms with Gasteiger partial charge in [0, 0.05) is 30.4 Å². The summed E-state index contributed by atoms with van der Waals surface area (Å²) < 4.78 is 0. The maximum Gasteiger partial charge on any atom is 0.258 e. The molecule has 0 spiro atoms. The third-order valence-corrected chi connectivity index (χ3v) is 2.58. The average Bonchev–Trinajstić information content (AvgIpc) is 2.39. The molecule has 0 heterocycles. The van der Waals surface area contributed by atoms with Crippen molar-refractivity contribution >= 4 is 11.6 Å². The monoisotopic (exact) mass is 228 g/mol. The molecule has 2 aromatic rings. The number of hydrogen-bond donors (Lipinski definition) is 0. The van der Waals surface area contributed by atoms with Crippen LogP contribution in [0.25, 0.3) is 0 Å². The van der Waals surface area contributed by atoms with Crippen LogP contribution in [0.1, 0.15) is 10.4 Å². The van der Waals surface area contributed by atoms with Crippen LogP contribution in [0.15, 0.2) is 54.6 Å². The van der Waals surface area contributed by atoms with E-state index in [-0.39, 0.29) is 5.91 Å². The van der Waals surface area contributed by atoms with Gasteiger partial charge in [0.1, 0.15) is 0 Å². The molecule has 2 N–H and O–H groups in total. The van der Waals surface area contributed by atoms with Crippen LogP contribution in [0, 0.1) is 0 Å². The lowest BCUT2D eigenvalue weighted by molar-refractivity contribution is 0.0993. The topological polar surface area (TPSA) is 43.2 Å². The van der Waals surface area contributed by atoms with Crippen molar-refractivity contribution in [1.82, 2.24) is 0 Å². The third kappa shape index (κ3) is 2.45. The Morgan fingerprint density at radius 1 is 1.00 bits per heavy atom. The van der Waals surface area contributed by atoms with Crippen LogP contribution in [-0.4, -0.2) is 18.1 Å². The highest BCUT2D eigenvalue weighted by Gasteiger charge is 2.13. The van der Waals surface area contributed by atoms with E-state index in [0.717, 1.165) is 5.69 Å². The largest absolute Gasteiger partial charge is 0.593 e. The Bertz CT molecular complexity index is 506. The summed E-state index contributed by atoms with van der Waals surface area (Å²) in [5.74, 6) is 0.333. The molecule has 1 amide bonds. The minimum atomic E-state index is -0.0730. The zero-order chi connectivity index (χ0) is 12.3. The number of carbonyl (C=O) groups is 1. The fourth-order valence-electron chi connectivity index (χ4n) is 1.58. The van der Waals surface area contributed by atoms with E-state index in [0.29, 0.717) is 11.3 Å². The van der Waals surface area contributed by atoms with Gasteiger partial charge in [0.2, 0.25) is 0 Å². The first kappa shape index (κ1) is 11.2. The van der Waals surface area contributed by atoms with Crippen molar-refractivity contribution in [2.75, 3.05) is 11.9 Å². The summed E-state index contributed by atoms with van der Waals surface area (Å²) in [7, 11) is 1.74. The second-order valence-corrected chi connectivity index (χ2v) is 3.78. The smallest absolute Gasteiger partial charge is 0.258 e. The first-order chi connectivity index (χ1) is 8.18. The molecule has 0 aromatic heterocycles. The Hall–Kier alpha value is -2.29. The lowest BCUT2D eigenvalue weighted by Gasteiger charge is -2.17. The number of amides is 1. The average molecular weight is 228 g/mol. The fourth-order valence-corrected chi connectivity index (χ4v) is 1.58. The van der Waals surface area contributed by atoms with Crippen LogP contribution in [0.4, 0.5) is 5.69 Å². The van der Waals surface area contributed by atoms with Crippen LogP contribution in [0.3, 0.4) is 0 Å². The van der Waals surface area contributed by atoms with E-state index < -0.39 is 0 Å². The third-order valence-electron chi connectivity index (χ3n) is 2.58. The van der Waals surface area contributed by atoms with Crippen molar-refractivity contribution in [1.29, 1.82) is 0 Å². The molecule has 0 saturated heterocycles.